The molecule has 0 bridgehead atoms. The van der Waals surface area contributed by atoms with E-state index in [0.717, 1.165) is 0 Å². The Labute approximate surface area is 182 Å². The van der Waals surface area contributed by atoms with Crippen LogP contribution >= 0.6 is 0 Å². The molecule has 2 aromatic rings. The van der Waals surface area contributed by atoms with Crippen molar-refractivity contribution in [3.8, 4) is 6.07 Å². The highest BCUT2D eigenvalue weighted by Crippen LogP contribution is 2.29. The van der Waals surface area contributed by atoms with E-state index in [1.165, 1.54) is 17.0 Å². The number of fused-ring (bicyclic) bond motifs is 1. The number of nitrogens with one attached hydrogen (secondary N) is 3. The third-order valence-corrected chi connectivity index (χ3v) is 5.27. The molecule has 6 amide bonds. The third-order valence-electron chi connectivity index (χ3n) is 5.27. The van der Waals surface area contributed by atoms with Crippen molar-refractivity contribution >= 4 is 35.3 Å². The highest BCUT2D eigenvalue weighted by atomic mass is 16.2. The van der Waals surface area contributed by atoms with Crippen LogP contribution in [0.5, 0.6) is 0 Å². The molecule has 0 spiro atoms. The Morgan fingerprint density at radius 1 is 1.12 bits per heavy atom. The second kappa shape index (κ2) is 8.31. The first kappa shape index (κ1) is 20.7. The highest BCUT2D eigenvalue weighted by molar-refractivity contribution is 6.15. The Bertz CT molecular complexity index is 1220. The average molecular weight is 431 g/mol. The number of amides is 6. The van der Waals surface area contributed by atoms with E-state index in [2.05, 4.69) is 16.0 Å². The van der Waals surface area contributed by atoms with Crippen LogP contribution in [0.3, 0.4) is 0 Å². The first-order chi connectivity index (χ1) is 15.4. The molecule has 0 saturated carbocycles. The van der Waals surface area contributed by atoms with Crippen molar-refractivity contribution in [1.82, 2.24) is 15.5 Å². The normalized spacial score (nSPS) is 17.3. The standard InChI is InChI=1S/C22H17N5O5/c23-10-12-3-1-5-14(9-12)24-22(32)26-19(29)15-6-2-4-13-11-27(21(31)18(13)15)16-7-8-17(28)25-20(16)30/h1-6,9,16H,7-8,11H2,(H,25,28,30)(H2,24,26,29,32). The Kier molecular flexibility index (Phi) is 5.39. The quantitative estimate of drug-likeness (QED) is 0.624. The molecule has 32 heavy (non-hydrogen) atoms. The lowest BCUT2D eigenvalue weighted by Gasteiger charge is -2.29. The lowest BCUT2D eigenvalue weighted by molar-refractivity contribution is -0.136. The Hall–Kier alpha value is -4.52. The number of piperidine rings is 1. The number of urea groups is 1. The molecule has 2 aliphatic heterocycles. The van der Waals surface area contributed by atoms with Crippen LogP contribution < -0.4 is 16.0 Å². The molecule has 0 aromatic heterocycles. The Morgan fingerprint density at radius 3 is 2.66 bits per heavy atom. The van der Waals surface area contributed by atoms with Gasteiger partial charge >= 0.3 is 6.03 Å². The zero-order chi connectivity index (χ0) is 22.8. The molecular formula is C22H17N5O5. The zero-order valence-corrected chi connectivity index (χ0v) is 16.7. The van der Waals surface area contributed by atoms with Gasteiger partial charge in [-0.05, 0) is 36.2 Å². The summed E-state index contributed by atoms with van der Waals surface area (Å²) < 4.78 is 0. The van der Waals surface area contributed by atoms with Crippen molar-refractivity contribution in [2.24, 2.45) is 0 Å². The minimum atomic E-state index is -0.824. The summed E-state index contributed by atoms with van der Waals surface area (Å²) in [5.41, 5.74) is 1.34. The molecule has 10 heteroatoms. The monoisotopic (exact) mass is 431 g/mol. The van der Waals surface area contributed by atoms with Crippen LogP contribution in [0.4, 0.5) is 10.5 Å². The molecule has 3 N–H and O–H groups in total. The molecule has 2 aromatic carbocycles. The van der Waals surface area contributed by atoms with Gasteiger partial charge in [0.2, 0.25) is 11.8 Å². The number of rotatable bonds is 3. The van der Waals surface area contributed by atoms with Crippen LogP contribution in [-0.4, -0.2) is 40.6 Å². The number of carbonyl (C=O) groups excluding carboxylic acids is 5. The van der Waals surface area contributed by atoms with E-state index in [1.54, 1.807) is 30.3 Å². The van der Waals surface area contributed by atoms with E-state index < -0.39 is 29.8 Å². The summed E-state index contributed by atoms with van der Waals surface area (Å²) in [5.74, 6) is -2.23. The number of hydrogen-bond acceptors (Lipinski definition) is 6. The van der Waals surface area contributed by atoms with Gasteiger partial charge in [0.05, 0.1) is 22.8 Å². The van der Waals surface area contributed by atoms with Gasteiger partial charge in [-0.1, -0.05) is 18.2 Å². The summed E-state index contributed by atoms with van der Waals surface area (Å²) >= 11 is 0. The van der Waals surface area contributed by atoms with Gasteiger partial charge in [-0.3, -0.25) is 29.8 Å². The Balaban J connectivity index is 1.50. The summed E-state index contributed by atoms with van der Waals surface area (Å²) in [6, 6.07) is 11.2. The fraction of sp³-hybridized carbons (Fsp3) is 0.182. The molecule has 10 nitrogen and oxygen atoms in total. The minimum absolute atomic E-state index is 0.00298. The van der Waals surface area contributed by atoms with E-state index in [-0.39, 0.29) is 36.4 Å². The molecule has 1 atom stereocenters. The summed E-state index contributed by atoms with van der Waals surface area (Å²) in [6.45, 7) is 0.120. The molecule has 1 saturated heterocycles. The van der Waals surface area contributed by atoms with Gasteiger partial charge in [-0.25, -0.2) is 4.79 Å². The van der Waals surface area contributed by atoms with Crippen LogP contribution in [0.2, 0.25) is 0 Å². The third kappa shape index (κ3) is 3.91. The lowest BCUT2D eigenvalue weighted by Crippen LogP contribution is -2.52. The number of nitriles is 1. The molecular weight excluding hydrogens is 414 g/mol. The van der Waals surface area contributed by atoms with Crippen molar-refractivity contribution < 1.29 is 24.0 Å². The topological polar surface area (TPSA) is 148 Å². The van der Waals surface area contributed by atoms with Gasteiger partial charge in [-0.2, -0.15) is 5.26 Å². The molecule has 2 aliphatic rings. The van der Waals surface area contributed by atoms with Crippen LogP contribution in [0.15, 0.2) is 42.5 Å². The fourth-order valence-corrected chi connectivity index (χ4v) is 3.80. The maximum Gasteiger partial charge on any atom is 0.326 e. The van der Waals surface area contributed by atoms with Crippen LogP contribution in [0.1, 0.15) is 44.7 Å². The number of anilines is 1. The number of nitrogens with zero attached hydrogens (tertiary/aromatic N) is 2. The summed E-state index contributed by atoms with van der Waals surface area (Å²) in [7, 11) is 0. The second-order valence-electron chi connectivity index (χ2n) is 7.34. The maximum atomic E-state index is 13.0. The van der Waals surface area contributed by atoms with Crippen LogP contribution in [-0.2, 0) is 16.1 Å². The largest absolute Gasteiger partial charge is 0.326 e. The molecule has 1 unspecified atom stereocenters. The Morgan fingerprint density at radius 2 is 1.91 bits per heavy atom. The number of benzene rings is 2. The molecule has 0 radical (unpaired) electrons. The van der Waals surface area contributed by atoms with Gasteiger partial charge in [0.25, 0.3) is 11.8 Å². The van der Waals surface area contributed by atoms with Crippen molar-refractivity contribution in [3.05, 3.63) is 64.7 Å². The number of imide groups is 2. The number of carbonyl (C=O) groups is 5. The number of hydrogen-bond donors (Lipinski definition) is 3. The minimum Gasteiger partial charge on any atom is -0.322 e. The van der Waals surface area contributed by atoms with Gasteiger partial charge in [-0.15, -0.1) is 0 Å². The summed E-state index contributed by atoms with van der Waals surface area (Å²) in [5, 5.41) is 15.8. The predicted octanol–water partition coefficient (Wildman–Crippen LogP) is 1.28. The molecule has 160 valence electrons. The fourth-order valence-electron chi connectivity index (χ4n) is 3.80. The van der Waals surface area contributed by atoms with Gasteiger partial charge in [0.15, 0.2) is 0 Å². The molecule has 2 heterocycles. The first-order valence-corrected chi connectivity index (χ1v) is 9.76. The van der Waals surface area contributed by atoms with Gasteiger partial charge < -0.3 is 10.2 Å². The second-order valence-corrected chi connectivity index (χ2v) is 7.34. The van der Waals surface area contributed by atoms with Crippen molar-refractivity contribution in [2.75, 3.05) is 5.32 Å². The zero-order valence-electron chi connectivity index (χ0n) is 16.7. The van der Waals surface area contributed by atoms with E-state index in [0.29, 0.717) is 16.8 Å². The van der Waals surface area contributed by atoms with Crippen molar-refractivity contribution in [1.29, 1.82) is 5.26 Å². The lowest BCUT2D eigenvalue weighted by atomic mass is 10.0. The van der Waals surface area contributed by atoms with E-state index in [1.807, 2.05) is 6.07 Å². The summed E-state index contributed by atoms with van der Waals surface area (Å²) in [6.07, 6.45) is 0.327. The SMILES string of the molecule is N#Cc1cccc(NC(=O)NC(=O)c2cccc3c2C(=O)N(C2CCC(=O)NC2=O)C3)c1. The van der Waals surface area contributed by atoms with Crippen molar-refractivity contribution in [2.45, 2.75) is 25.4 Å². The van der Waals surface area contributed by atoms with E-state index >= 15 is 0 Å². The summed E-state index contributed by atoms with van der Waals surface area (Å²) in [4.78, 5) is 63.0. The van der Waals surface area contributed by atoms with E-state index in [4.69, 9.17) is 5.26 Å². The predicted molar refractivity (Wildman–Crippen MR) is 110 cm³/mol. The van der Waals surface area contributed by atoms with E-state index in [9.17, 15) is 24.0 Å². The smallest absolute Gasteiger partial charge is 0.322 e. The first-order valence-electron chi connectivity index (χ1n) is 9.76. The molecule has 0 aliphatic carbocycles. The van der Waals surface area contributed by atoms with Crippen molar-refractivity contribution in [3.63, 3.8) is 0 Å². The maximum absolute atomic E-state index is 13.0. The molecule has 4 rings (SSSR count). The van der Waals surface area contributed by atoms with Gasteiger partial charge in [0, 0.05) is 18.7 Å². The molecule has 1 fully saturated rings. The highest BCUT2D eigenvalue weighted by Gasteiger charge is 2.40. The van der Waals surface area contributed by atoms with Crippen LogP contribution in [0, 0.1) is 11.3 Å². The van der Waals surface area contributed by atoms with Crippen LogP contribution in [0.25, 0.3) is 0 Å². The average Bonchev–Trinajstić information content (AvgIpc) is 3.10. The van der Waals surface area contributed by atoms with Gasteiger partial charge in [0.1, 0.15) is 6.04 Å².